The Morgan fingerprint density at radius 1 is 1.14 bits per heavy atom. The summed E-state index contributed by atoms with van der Waals surface area (Å²) in [6.45, 7) is 0. The number of benzene rings is 2. The van der Waals surface area contributed by atoms with Gasteiger partial charge in [0.15, 0.2) is 4.32 Å². The van der Waals surface area contributed by atoms with Gasteiger partial charge in [-0.25, -0.2) is 0 Å². The minimum atomic E-state index is -0.208. The molecule has 1 fully saturated rings. The van der Waals surface area contributed by atoms with Gasteiger partial charge in [0.25, 0.3) is 5.91 Å². The van der Waals surface area contributed by atoms with E-state index >= 15 is 0 Å². The fourth-order valence-corrected chi connectivity index (χ4v) is 3.45. The van der Waals surface area contributed by atoms with E-state index in [9.17, 15) is 9.90 Å². The summed E-state index contributed by atoms with van der Waals surface area (Å²) in [5.74, 6) is -0.0835. The molecule has 22 heavy (non-hydrogen) atoms. The van der Waals surface area contributed by atoms with Gasteiger partial charge in [-0.2, -0.15) is 0 Å². The summed E-state index contributed by atoms with van der Waals surface area (Å²) in [7, 11) is 0. The molecule has 1 saturated heterocycles. The zero-order valence-corrected chi connectivity index (χ0v) is 13.6. The largest absolute Gasteiger partial charge is 0.507 e. The number of nitrogens with zero attached hydrogens (tertiary/aromatic N) is 1. The van der Waals surface area contributed by atoms with Crippen LogP contribution in [0.15, 0.2) is 53.4 Å². The summed E-state index contributed by atoms with van der Waals surface area (Å²) in [6, 6.07) is 13.8. The average molecular weight is 348 g/mol. The van der Waals surface area contributed by atoms with Crippen molar-refractivity contribution in [3.63, 3.8) is 0 Å². The lowest BCUT2D eigenvalue weighted by molar-refractivity contribution is -0.113. The molecule has 1 aliphatic rings. The summed E-state index contributed by atoms with van der Waals surface area (Å²) in [4.78, 5) is 14.5. The van der Waals surface area contributed by atoms with Crippen molar-refractivity contribution in [2.75, 3.05) is 4.90 Å². The number of phenols is 1. The number of phenolic OH excluding ortho intramolecular Hbond substituents is 1. The van der Waals surface area contributed by atoms with E-state index in [2.05, 4.69) is 0 Å². The normalized spacial score (nSPS) is 16.6. The van der Waals surface area contributed by atoms with E-state index < -0.39 is 0 Å². The molecule has 0 atom stereocenters. The number of para-hydroxylation sites is 1. The van der Waals surface area contributed by atoms with Gasteiger partial charge in [-0.15, -0.1) is 0 Å². The van der Waals surface area contributed by atoms with E-state index in [-0.39, 0.29) is 11.7 Å². The Hall–Kier alpha value is -1.82. The Kier molecular flexibility index (Phi) is 4.20. The van der Waals surface area contributed by atoms with E-state index in [4.69, 9.17) is 23.8 Å². The third kappa shape index (κ3) is 2.88. The minimum Gasteiger partial charge on any atom is -0.507 e. The molecular formula is C16H10ClNO2S2. The first-order valence-corrected chi connectivity index (χ1v) is 7.98. The Balaban J connectivity index is 1.95. The molecule has 3 nitrogen and oxygen atoms in total. The van der Waals surface area contributed by atoms with Crippen molar-refractivity contribution < 1.29 is 9.90 Å². The van der Waals surface area contributed by atoms with Crippen LogP contribution < -0.4 is 4.90 Å². The molecule has 0 bridgehead atoms. The molecule has 2 aromatic rings. The number of halogens is 1. The van der Waals surface area contributed by atoms with E-state index in [1.54, 1.807) is 54.6 Å². The first-order chi connectivity index (χ1) is 10.6. The quantitative estimate of drug-likeness (QED) is 0.643. The van der Waals surface area contributed by atoms with Gasteiger partial charge in [-0.1, -0.05) is 53.8 Å². The first-order valence-electron chi connectivity index (χ1n) is 6.38. The Morgan fingerprint density at radius 2 is 1.82 bits per heavy atom. The summed E-state index contributed by atoms with van der Waals surface area (Å²) in [5.41, 5.74) is 1.26. The zero-order chi connectivity index (χ0) is 15.7. The molecule has 110 valence electrons. The summed E-state index contributed by atoms with van der Waals surface area (Å²) in [6.07, 6.45) is 1.64. The maximum absolute atomic E-state index is 12.6. The average Bonchev–Trinajstić information content (AvgIpc) is 2.77. The molecule has 3 rings (SSSR count). The molecule has 1 N–H and O–H groups in total. The molecule has 0 unspecified atom stereocenters. The van der Waals surface area contributed by atoms with Crippen LogP contribution in [-0.4, -0.2) is 15.3 Å². The predicted octanol–water partition coefficient (Wildman–Crippen LogP) is 4.45. The maximum Gasteiger partial charge on any atom is 0.270 e. The van der Waals surface area contributed by atoms with Crippen LogP contribution in [0.5, 0.6) is 5.75 Å². The van der Waals surface area contributed by atoms with Gasteiger partial charge in [-0.05, 0) is 36.4 Å². The zero-order valence-electron chi connectivity index (χ0n) is 11.2. The number of thioether (sulfide) groups is 1. The summed E-state index contributed by atoms with van der Waals surface area (Å²) >= 11 is 12.4. The lowest BCUT2D eigenvalue weighted by Gasteiger charge is -2.14. The third-order valence-electron chi connectivity index (χ3n) is 3.10. The SMILES string of the molecule is O=C1/C(=C/c2ccccc2O)SC(=S)N1c1ccc(Cl)cc1. The number of aromatic hydroxyl groups is 1. The first kappa shape index (κ1) is 15.1. The topological polar surface area (TPSA) is 40.5 Å². The van der Waals surface area contributed by atoms with E-state index in [0.29, 0.717) is 25.5 Å². The van der Waals surface area contributed by atoms with Crippen molar-refractivity contribution in [1.82, 2.24) is 0 Å². The smallest absolute Gasteiger partial charge is 0.270 e. The Labute approximate surface area is 142 Å². The van der Waals surface area contributed by atoms with E-state index in [1.807, 2.05) is 0 Å². The van der Waals surface area contributed by atoms with Gasteiger partial charge in [0, 0.05) is 10.6 Å². The number of carbonyl (C=O) groups is 1. The molecule has 1 heterocycles. The number of thiocarbonyl (C=S) groups is 1. The monoisotopic (exact) mass is 347 g/mol. The second-order valence-corrected chi connectivity index (χ2v) is 6.66. The van der Waals surface area contributed by atoms with Crippen LogP contribution >= 0.6 is 35.6 Å². The van der Waals surface area contributed by atoms with Gasteiger partial charge in [0.05, 0.1) is 10.6 Å². The number of carbonyl (C=O) groups excluding carboxylic acids is 1. The van der Waals surface area contributed by atoms with Crippen LogP contribution in [0.25, 0.3) is 6.08 Å². The summed E-state index contributed by atoms with van der Waals surface area (Å²) in [5, 5.41) is 10.4. The fraction of sp³-hybridized carbons (Fsp3) is 0. The third-order valence-corrected chi connectivity index (χ3v) is 4.66. The molecule has 6 heteroatoms. The standard InChI is InChI=1S/C16H10ClNO2S2/c17-11-5-7-12(8-6-11)18-15(20)14(22-16(18)21)9-10-3-1-2-4-13(10)19/h1-9,19H/b14-9-. The van der Waals surface area contributed by atoms with Crippen molar-refractivity contribution in [3.05, 3.63) is 64.0 Å². The number of amides is 1. The van der Waals surface area contributed by atoms with E-state index in [1.165, 1.54) is 16.7 Å². The number of hydrogen-bond donors (Lipinski definition) is 1. The lowest BCUT2D eigenvalue weighted by Crippen LogP contribution is -2.27. The van der Waals surface area contributed by atoms with Crippen LogP contribution in [0, 0.1) is 0 Å². The van der Waals surface area contributed by atoms with Crippen molar-refractivity contribution in [2.24, 2.45) is 0 Å². The van der Waals surface area contributed by atoms with Crippen molar-refractivity contribution in [2.45, 2.75) is 0 Å². The van der Waals surface area contributed by atoms with Crippen LogP contribution in [0.2, 0.25) is 5.02 Å². The lowest BCUT2D eigenvalue weighted by atomic mass is 10.2. The Morgan fingerprint density at radius 3 is 2.50 bits per heavy atom. The van der Waals surface area contributed by atoms with Crippen molar-refractivity contribution in [1.29, 1.82) is 0 Å². The molecule has 0 aliphatic carbocycles. The molecule has 0 radical (unpaired) electrons. The van der Waals surface area contributed by atoms with Crippen molar-refractivity contribution >= 4 is 57.6 Å². The highest BCUT2D eigenvalue weighted by atomic mass is 35.5. The fourth-order valence-electron chi connectivity index (χ4n) is 2.03. The van der Waals surface area contributed by atoms with Crippen LogP contribution in [-0.2, 0) is 4.79 Å². The highest BCUT2D eigenvalue weighted by Gasteiger charge is 2.33. The molecule has 1 amide bonds. The van der Waals surface area contributed by atoms with Crippen LogP contribution in [0.4, 0.5) is 5.69 Å². The molecule has 2 aromatic carbocycles. The number of anilines is 1. The molecule has 0 aromatic heterocycles. The van der Waals surface area contributed by atoms with Gasteiger partial charge in [0.1, 0.15) is 5.75 Å². The Bertz CT molecular complexity index is 787. The minimum absolute atomic E-state index is 0.124. The second kappa shape index (κ2) is 6.12. The maximum atomic E-state index is 12.6. The highest BCUT2D eigenvalue weighted by molar-refractivity contribution is 8.27. The number of hydrogen-bond acceptors (Lipinski definition) is 4. The van der Waals surface area contributed by atoms with Crippen LogP contribution in [0.3, 0.4) is 0 Å². The van der Waals surface area contributed by atoms with Gasteiger partial charge in [-0.3, -0.25) is 9.69 Å². The predicted molar refractivity (Wildman–Crippen MR) is 95.2 cm³/mol. The van der Waals surface area contributed by atoms with Gasteiger partial charge < -0.3 is 5.11 Å². The van der Waals surface area contributed by atoms with E-state index in [0.717, 1.165) is 0 Å². The van der Waals surface area contributed by atoms with Crippen molar-refractivity contribution in [3.8, 4) is 5.75 Å². The molecule has 0 saturated carbocycles. The van der Waals surface area contributed by atoms with Crippen LogP contribution in [0.1, 0.15) is 5.56 Å². The highest BCUT2D eigenvalue weighted by Crippen LogP contribution is 2.37. The number of rotatable bonds is 2. The molecular weight excluding hydrogens is 338 g/mol. The molecule has 0 spiro atoms. The summed E-state index contributed by atoms with van der Waals surface area (Å²) < 4.78 is 0.453. The van der Waals surface area contributed by atoms with Gasteiger partial charge in [0.2, 0.25) is 0 Å². The second-order valence-electron chi connectivity index (χ2n) is 4.55. The van der Waals surface area contributed by atoms with Gasteiger partial charge >= 0.3 is 0 Å². The molecule has 1 aliphatic heterocycles.